The monoisotopic (exact) mass is 261 g/mol. The standard InChI is InChI=1S/C16H27N3/c1-5-15-7-6-13(4)19(15)16-8-9-17-10-14(16)11-18-12(2)3/h8-10,12-13,15,18H,5-7,11H2,1-4H3. The van der Waals surface area contributed by atoms with Gasteiger partial charge in [0.25, 0.3) is 0 Å². The van der Waals surface area contributed by atoms with Gasteiger partial charge in [0.05, 0.1) is 0 Å². The molecule has 1 aromatic heterocycles. The van der Waals surface area contributed by atoms with Crippen molar-refractivity contribution in [1.82, 2.24) is 10.3 Å². The number of anilines is 1. The van der Waals surface area contributed by atoms with Crippen LogP contribution in [0, 0.1) is 0 Å². The van der Waals surface area contributed by atoms with Gasteiger partial charge in [-0.2, -0.15) is 0 Å². The molecule has 3 nitrogen and oxygen atoms in total. The molecule has 2 atom stereocenters. The Labute approximate surface area is 117 Å². The molecule has 0 amide bonds. The van der Waals surface area contributed by atoms with E-state index in [1.165, 1.54) is 30.5 Å². The van der Waals surface area contributed by atoms with Crippen LogP contribution in [0.4, 0.5) is 5.69 Å². The molecule has 0 aromatic carbocycles. The van der Waals surface area contributed by atoms with Crippen LogP contribution in [-0.2, 0) is 6.54 Å². The SMILES string of the molecule is CCC1CCC(C)N1c1ccncc1CNC(C)C. The van der Waals surface area contributed by atoms with Crippen LogP contribution >= 0.6 is 0 Å². The molecule has 2 heterocycles. The fraction of sp³-hybridized carbons (Fsp3) is 0.688. The Morgan fingerprint density at radius 3 is 2.89 bits per heavy atom. The lowest BCUT2D eigenvalue weighted by atomic mass is 10.1. The topological polar surface area (TPSA) is 28.2 Å². The Kier molecular flexibility index (Phi) is 4.81. The summed E-state index contributed by atoms with van der Waals surface area (Å²) in [6.45, 7) is 9.91. The van der Waals surface area contributed by atoms with Gasteiger partial charge >= 0.3 is 0 Å². The van der Waals surface area contributed by atoms with Gasteiger partial charge in [-0.15, -0.1) is 0 Å². The zero-order chi connectivity index (χ0) is 13.8. The largest absolute Gasteiger partial charge is 0.365 e. The molecule has 2 unspecified atom stereocenters. The Bertz CT molecular complexity index is 403. The summed E-state index contributed by atoms with van der Waals surface area (Å²) >= 11 is 0. The second kappa shape index (κ2) is 6.38. The van der Waals surface area contributed by atoms with Crippen LogP contribution < -0.4 is 10.2 Å². The number of pyridine rings is 1. The van der Waals surface area contributed by atoms with Crippen LogP contribution in [0.5, 0.6) is 0 Å². The molecular weight excluding hydrogens is 234 g/mol. The predicted molar refractivity (Wildman–Crippen MR) is 81.5 cm³/mol. The van der Waals surface area contributed by atoms with E-state index >= 15 is 0 Å². The maximum Gasteiger partial charge on any atom is 0.0447 e. The Morgan fingerprint density at radius 1 is 1.42 bits per heavy atom. The number of nitrogens with zero attached hydrogens (tertiary/aromatic N) is 2. The van der Waals surface area contributed by atoms with E-state index < -0.39 is 0 Å². The van der Waals surface area contributed by atoms with Crippen LogP contribution in [-0.4, -0.2) is 23.1 Å². The molecule has 1 aromatic rings. The first kappa shape index (κ1) is 14.3. The summed E-state index contributed by atoms with van der Waals surface area (Å²) in [5, 5.41) is 3.51. The molecular formula is C16H27N3. The van der Waals surface area contributed by atoms with Crippen LogP contribution in [0.25, 0.3) is 0 Å². The summed E-state index contributed by atoms with van der Waals surface area (Å²) in [4.78, 5) is 6.91. The van der Waals surface area contributed by atoms with E-state index in [4.69, 9.17) is 0 Å². The molecule has 3 heteroatoms. The van der Waals surface area contributed by atoms with Crippen molar-refractivity contribution in [2.75, 3.05) is 4.90 Å². The van der Waals surface area contributed by atoms with E-state index in [0.29, 0.717) is 18.1 Å². The molecule has 1 aliphatic rings. The van der Waals surface area contributed by atoms with Crippen LogP contribution in [0.2, 0.25) is 0 Å². The Morgan fingerprint density at radius 2 is 2.21 bits per heavy atom. The van der Waals surface area contributed by atoms with Crippen molar-refractivity contribution in [2.24, 2.45) is 0 Å². The maximum atomic E-state index is 4.30. The van der Waals surface area contributed by atoms with E-state index in [1.54, 1.807) is 0 Å². The highest BCUT2D eigenvalue weighted by Gasteiger charge is 2.30. The van der Waals surface area contributed by atoms with E-state index in [1.807, 2.05) is 12.4 Å². The zero-order valence-electron chi connectivity index (χ0n) is 12.7. The average molecular weight is 261 g/mol. The molecule has 1 fully saturated rings. The second-order valence-corrected chi connectivity index (χ2v) is 5.94. The minimum Gasteiger partial charge on any atom is -0.365 e. The lowest BCUT2D eigenvalue weighted by molar-refractivity contribution is 0.580. The van der Waals surface area contributed by atoms with Crippen LogP contribution in [0.3, 0.4) is 0 Å². The normalized spacial score (nSPS) is 23.3. The molecule has 0 saturated carbocycles. The van der Waals surface area contributed by atoms with E-state index in [2.05, 4.69) is 49.0 Å². The molecule has 1 aliphatic heterocycles. The van der Waals surface area contributed by atoms with Gasteiger partial charge < -0.3 is 10.2 Å². The first-order valence-corrected chi connectivity index (χ1v) is 7.58. The Hall–Kier alpha value is -1.09. The van der Waals surface area contributed by atoms with Crippen molar-refractivity contribution in [3.05, 3.63) is 24.0 Å². The van der Waals surface area contributed by atoms with Crippen LogP contribution in [0.15, 0.2) is 18.5 Å². The highest BCUT2D eigenvalue weighted by atomic mass is 15.2. The lowest BCUT2D eigenvalue weighted by Crippen LogP contribution is -2.35. The highest BCUT2D eigenvalue weighted by molar-refractivity contribution is 5.54. The van der Waals surface area contributed by atoms with Gasteiger partial charge in [-0.05, 0) is 32.3 Å². The molecule has 0 radical (unpaired) electrons. The van der Waals surface area contributed by atoms with Gasteiger partial charge in [0.2, 0.25) is 0 Å². The van der Waals surface area contributed by atoms with E-state index in [-0.39, 0.29) is 0 Å². The first-order valence-electron chi connectivity index (χ1n) is 7.58. The van der Waals surface area contributed by atoms with Gasteiger partial charge in [-0.1, -0.05) is 20.8 Å². The lowest BCUT2D eigenvalue weighted by Gasteiger charge is -2.32. The minimum absolute atomic E-state index is 0.506. The molecule has 0 spiro atoms. The van der Waals surface area contributed by atoms with Gasteiger partial charge in [0, 0.05) is 48.3 Å². The van der Waals surface area contributed by atoms with Gasteiger partial charge in [-0.25, -0.2) is 0 Å². The molecule has 19 heavy (non-hydrogen) atoms. The molecule has 106 valence electrons. The fourth-order valence-electron chi connectivity index (χ4n) is 3.03. The smallest absolute Gasteiger partial charge is 0.0447 e. The quantitative estimate of drug-likeness (QED) is 0.881. The third-order valence-corrected chi connectivity index (χ3v) is 4.11. The third kappa shape index (κ3) is 3.27. The van der Waals surface area contributed by atoms with Crippen molar-refractivity contribution in [2.45, 2.75) is 71.6 Å². The summed E-state index contributed by atoms with van der Waals surface area (Å²) in [5.74, 6) is 0. The van der Waals surface area contributed by atoms with Crippen molar-refractivity contribution in [3.8, 4) is 0 Å². The van der Waals surface area contributed by atoms with Gasteiger partial charge in [-0.3, -0.25) is 4.98 Å². The average Bonchev–Trinajstić information content (AvgIpc) is 2.77. The molecule has 1 saturated heterocycles. The second-order valence-electron chi connectivity index (χ2n) is 5.94. The zero-order valence-corrected chi connectivity index (χ0v) is 12.7. The van der Waals surface area contributed by atoms with Crippen molar-refractivity contribution in [1.29, 1.82) is 0 Å². The third-order valence-electron chi connectivity index (χ3n) is 4.11. The molecule has 2 rings (SSSR count). The molecule has 0 bridgehead atoms. The van der Waals surface area contributed by atoms with Crippen molar-refractivity contribution in [3.63, 3.8) is 0 Å². The van der Waals surface area contributed by atoms with Crippen molar-refractivity contribution >= 4 is 5.69 Å². The number of hydrogen-bond acceptors (Lipinski definition) is 3. The minimum atomic E-state index is 0.506. The summed E-state index contributed by atoms with van der Waals surface area (Å²) in [6.07, 6.45) is 7.78. The van der Waals surface area contributed by atoms with Crippen molar-refractivity contribution < 1.29 is 0 Å². The predicted octanol–water partition coefficient (Wildman–Crippen LogP) is 3.35. The molecule has 0 aliphatic carbocycles. The number of aromatic nitrogens is 1. The summed E-state index contributed by atoms with van der Waals surface area (Å²) in [7, 11) is 0. The first-order chi connectivity index (χ1) is 9.13. The van der Waals surface area contributed by atoms with E-state index in [0.717, 1.165) is 6.54 Å². The Balaban J connectivity index is 2.22. The molecule has 1 N–H and O–H groups in total. The summed E-state index contributed by atoms with van der Waals surface area (Å²) in [5.41, 5.74) is 2.70. The van der Waals surface area contributed by atoms with Gasteiger partial charge in [0.1, 0.15) is 0 Å². The van der Waals surface area contributed by atoms with E-state index in [9.17, 15) is 0 Å². The number of rotatable bonds is 5. The summed E-state index contributed by atoms with van der Waals surface area (Å²) < 4.78 is 0. The number of nitrogens with one attached hydrogen (secondary N) is 1. The fourth-order valence-corrected chi connectivity index (χ4v) is 3.03. The number of hydrogen-bond donors (Lipinski definition) is 1. The highest BCUT2D eigenvalue weighted by Crippen LogP contribution is 2.33. The summed E-state index contributed by atoms with van der Waals surface area (Å²) in [6, 6.07) is 4.02. The van der Waals surface area contributed by atoms with Gasteiger partial charge in [0.15, 0.2) is 0 Å². The maximum absolute atomic E-state index is 4.30. The van der Waals surface area contributed by atoms with Crippen LogP contribution in [0.1, 0.15) is 52.5 Å².